The molecule has 2 heterocycles. The quantitative estimate of drug-likeness (QED) is 0.505. The molecule has 0 aliphatic heterocycles. The zero-order valence-electron chi connectivity index (χ0n) is 14.9. The van der Waals surface area contributed by atoms with Crippen LogP contribution in [0.25, 0.3) is 22.4 Å². The van der Waals surface area contributed by atoms with Gasteiger partial charge < -0.3 is 5.32 Å². The van der Waals surface area contributed by atoms with Crippen molar-refractivity contribution in [1.29, 1.82) is 0 Å². The molecule has 0 saturated heterocycles. The summed E-state index contributed by atoms with van der Waals surface area (Å²) >= 11 is 1.44. The van der Waals surface area contributed by atoms with Crippen LogP contribution in [0.2, 0.25) is 0 Å². The van der Waals surface area contributed by atoms with Crippen LogP contribution in [0.4, 0.5) is 4.39 Å². The van der Waals surface area contributed by atoms with Crippen LogP contribution < -0.4 is 5.32 Å². The van der Waals surface area contributed by atoms with Gasteiger partial charge in [0.15, 0.2) is 5.82 Å². The van der Waals surface area contributed by atoms with Gasteiger partial charge >= 0.3 is 0 Å². The van der Waals surface area contributed by atoms with Crippen molar-refractivity contribution in [3.8, 4) is 11.4 Å². The topological polar surface area (TPSA) is 59.3 Å². The van der Waals surface area contributed by atoms with Gasteiger partial charge in [0.1, 0.15) is 5.82 Å². The Morgan fingerprint density at radius 1 is 1.14 bits per heavy atom. The Kier molecular flexibility index (Phi) is 5.25. The maximum absolute atomic E-state index is 14.0. The molecule has 2 aromatic carbocycles. The molecule has 140 valence electrons. The van der Waals surface area contributed by atoms with Crippen LogP contribution in [0.1, 0.15) is 11.3 Å². The van der Waals surface area contributed by atoms with Gasteiger partial charge in [-0.05, 0) is 23.8 Å². The minimum absolute atomic E-state index is 0.152. The third-order valence-electron chi connectivity index (χ3n) is 4.17. The first-order chi connectivity index (χ1) is 13.7. The van der Waals surface area contributed by atoms with Crippen LogP contribution in [-0.4, -0.2) is 27.0 Å². The van der Waals surface area contributed by atoms with Crippen LogP contribution in [0.3, 0.4) is 0 Å². The van der Waals surface area contributed by atoms with E-state index in [0.717, 1.165) is 11.3 Å². The molecule has 5 nitrogen and oxygen atoms in total. The van der Waals surface area contributed by atoms with Crippen LogP contribution in [-0.2, 0) is 11.2 Å². The van der Waals surface area contributed by atoms with Crippen molar-refractivity contribution < 1.29 is 9.18 Å². The number of rotatable bonds is 6. The Hall–Kier alpha value is -3.32. The summed E-state index contributed by atoms with van der Waals surface area (Å²) in [5, 5.41) is 9.24. The number of thiazole rings is 1. The minimum atomic E-state index is -0.347. The van der Waals surface area contributed by atoms with E-state index in [-0.39, 0.29) is 11.7 Å². The van der Waals surface area contributed by atoms with Crippen molar-refractivity contribution in [3.05, 3.63) is 83.1 Å². The Morgan fingerprint density at radius 3 is 2.75 bits per heavy atom. The highest BCUT2D eigenvalue weighted by Gasteiger charge is 2.14. The SMILES string of the molecule is O=C(C=Cc1ccccc1)NCCc1csc2nc(-c3ccccc3F)nn12. The van der Waals surface area contributed by atoms with E-state index in [4.69, 9.17) is 0 Å². The van der Waals surface area contributed by atoms with Crippen molar-refractivity contribution in [2.24, 2.45) is 0 Å². The first kappa shape index (κ1) is 18.1. The van der Waals surface area contributed by atoms with E-state index in [0.29, 0.717) is 29.3 Å². The normalized spacial score (nSPS) is 11.3. The molecule has 0 bridgehead atoms. The van der Waals surface area contributed by atoms with Gasteiger partial charge in [0.2, 0.25) is 10.9 Å². The molecular formula is C21H17FN4OS. The number of halogens is 1. The van der Waals surface area contributed by atoms with Crippen molar-refractivity contribution in [2.45, 2.75) is 6.42 Å². The molecule has 0 atom stereocenters. The molecule has 28 heavy (non-hydrogen) atoms. The van der Waals surface area contributed by atoms with E-state index >= 15 is 0 Å². The number of hydrogen-bond acceptors (Lipinski definition) is 4. The van der Waals surface area contributed by atoms with E-state index in [1.807, 2.05) is 35.7 Å². The fourth-order valence-corrected chi connectivity index (χ4v) is 3.62. The molecule has 4 rings (SSSR count). The molecule has 0 spiro atoms. The maximum Gasteiger partial charge on any atom is 0.244 e. The zero-order valence-corrected chi connectivity index (χ0v) is 15.7. The predicted molar refractivity (Wildman–Crippen MR) is 108 cm³/mol. The number of carbonyl (C=O) groups is 1. The molecule has 1 N–H and O–H groups in total. The molecule has 4 aromatic rings. The van der Waals surface area contributed by atoms with Crippen molar-refractivity contribution in [2.75, 3.05) is 6.54 Å². The second kappa shape index (κ2) is 8.14. The van der Waals surface area contributed by atoms with Crippen LogP contribution in [0.15, 0.2) is 66.1 Å². The standard InChI is InChI=1S/C21H17FN4OS/c22-18-9-5-4-8-17(18)20-24-21-26(25-20)16(14-28-21)12-13-23-19(27)11-10-15-6-2-1-3-7-15/h1-11,14H,12-13H2,(H,23,27). The third-order valence-corrected chi connectivity index (χ3v) is 5.04. The average molecular weight is 392 g/mol. The molecule has 0 saturated carbocycles. The van der Waals surface area contributed by atoms with Crippen molar-refractivity contribution >= 4 is 28.3 Å². The molecule has 0 aliphatic carbocycles. The van der Waals surface area contributed by atoms with Gasteiger partial charge in [-0.3, -0.25) is 4.79 Å². The van der Waals surface area contributed by atoms with Gasteiger partial charge in [0, 0.05) is 24.4 Å². The number of nitrogens with one attached hydrogen (secondary N) is 1. The number of benzene rings is 2. The van der Waals surface area contributed by atoms with E-state index in [1.165, 1.54) is 23.5 Å². The Morgan fingerprint density at radius 2 is 1.93 bits per heavy atom. The highest BCUT2D eigenvalue weighted by atomic mass is 32.1. The average Bonchev–Trinajstić information content (AvgIpc) is 3.29. The van der Waals surface area contributed by atoms with Crippen molar-refractivity contribution in [1.82, 2.24) is 19.9 Å². The summed E-state index contributed by atoms with van der Waals surface area (Å²) in [6.45, 7) is 0.471. The number of amides is 1. The van der Waals surface area contributed by atoms with Crippen molar-refractivity contribution in [3.63, 3.8) is 0 Å². The number of nitrogens with zero attached hydrogens (tertiary/aromatic N) is 3. The summed E-state index contributed by atoms with van der Waals surface area (Å²) in [7, 11) is 0. The number of fused-ring (bicyclic) bond motifs is 1. The predicted octanol–water partition coefficient (Wildman–Crippen LogP) is 3.97. The summed E-state index contributed by atoms with van der Waals surface area (Å²) in [6, 6.07) is 16.1. The summed E-state index contributed by atoms with van der Waals surface area (Å²) in [5.41, 5.74) is 2.27. The van der Waals surface area contributed by atoms with Gasteiger partial charge in [0.05, 0.1) is 11.3 Å². The van der Waals surface area contributed by atoms with Gasteiger partial charge in [-0.1, -0.05) is 42.5 Å². The fourth-order valence-electron chi connectivity index (χ4n) is 2.76. The Labute approximate surface area is 165 Å². The lowest BCUT2D eigenvalue weighted by Crippen LogP contribution is -2.23. The number of carbonyl (C=O) groups excluding carboxylic acids is 1. The van der Waals surface area contributed by atoms with Gasteiger partial charge in [0.25, 0.3) is 0 Å². The second-order valence-corrected chi connectivity index (χ2v) is 6.96. The molecule has 2 aromatic heterocycles. The maximum atomic E-state index is 14.0. The molecular weight excluding hydrogens is 375 g/mol. The summed E-state index contributed by atoms with van der Waals surface area (Å²) in [5.74, 6) is -0.137. The fraction of sp³-hybridized carbons (Fsp3) is 0.0952. The third kappa shape index (κ3) is 3.99. The molecule has 0 aliphatic rings. The molecule has 0 radical (unpaired) electrons. The first-order valence-electron chi connectivity index (χ1n) is 8.80. The van der Waals surface area contributed by atoms with Gasteiger partial charge in [-0.15, -0.1) is 16.4 Å². The molecule has 0 fully saturated rings. The van der Waals surface area contributed by atoms with E-state index in [1.54, 1.807) is 28.8 Å². The van der Waals surface area contributed by atoms with Crippen LogP contribution >= 0.6 is 11.3 Å². The lowest BCUT2D eigenvalue weighted by atomic mass is 10.2. The lowest BCUT2D eigenvalue weighted by molar-refractivity contribution is -0.116. The Bertz CT molecular complexity index is 1130. The molecule has 7 heteroatoms. The van der Waals surface area contributed by atoms with E-state index in [2.05, 4.69) is 15.4 Å². The highest BCUT2D eigenvalue weighted by molar-refractivity contribution is 7.15. The molecule has 1 amide bonds. The second-order valence-electron chi connectivity index (χ2n) is 6.12. The van der Waals surface area contributed by atoms with E-state index < -0.39 is 0 Å². The summed E-state index contributed by atoms with van der Waals surface area (Å²) < 4.78 is 15.7. The Balaban J connectivity index is 1.39. The van der Waals surface area contributed by atoms with Gasteiger partial charge in [-0.2, -0.15) is 4.98 Å². The molecule has 0 unspecified atom stereocenters. The number of aromatic nitrogens is 3. The minimum Gasteiger partial charge on any atom is -0.352 e. The monoisotopic (exact) mass is 392 g/mol. The van der Waals surface area contributed by atoms with Crippen LogP contribution in [0, 0.1) is 5.82 Å². The number of hydrogen-bond donors (Lipinski definition) is 1. The van der Waals surface area contributed by atoms with E-state index in [9.17, 15) is 9.18 Å². The summed E-state index contributed by atoms with van der Waals surface area (Å²) in [6.07, 6.45) is 3.89. The summed E-state index contributed by atoms with van der Waals surface area (Å²) in [4.78, 5) is 17.1. The zero-order chi connectivity index (χ0) is 19.3. The largest absolute Gasteiger partial charge is 0.352 e. The highest BCUT2D eigenvalue weighted by Crippen LogP contribution is 2.23. The smallest absolute Gasteiger partial charge is 0.244 e. The van der Waals surface area contributed by atoms with Gasteiger partial charge in [-0.25, -0.2) is 8.91 Å². The first-order valence-corrected chi connectivity index (χ1v) is 9.68. The van der Waals surface area contributed by atoms with Crippen LogP contribution in [0.5, 0.6) is 0 Å². The lowest BCUT2D eigenvalue weighted by Gasteiger charge is -2.01.